The molecule has 3 nitrogen and oxygen atoms in total. The average molecular weight is 202 g/mol. The van der Waals surface area contributed by atoms with Crippen LogP contribution in [0.5, 0.6) is 0 Å². The van der Waals surface area contributed by atoms with Gasteiger partial charge in [0.1, 0.15) is 5.52 Å². The summed E-state index contributed by atoms with van der Waals surface area (Å²) in [6.45, 7) is 0. The molecule has 2 aromatic rings. The van der Waals surface area contributed by atoms with Gasteiger partial charge in [-0.05, 0) is 17.7 Å². The highest BCUT2D eigenvalue weighted by Crippen LogP contribution is 2.22. The standard InChI is InChI=1S/C7H5Cl2N3/c1-12-5-4(11-7(12)9)2-3-10-6(5)8/h2-3H,1H3. The Bertz CT molecular complexity index is 435. The first kappa shape index (κ1) is 7.83. The van der Waals surface area contributed by atoms with Crippen molar-refractivity contribution in [1.29, 1.82) is 0 Å². The van der Waals surface area contributed by atoms with Crippen LogP contribution in [0.1, 0.15) is 0 Å². The Labute approximate surface area is 78.9 Å². The lowest BCUT2D eigenvalue weighted by Gasteiger charge is -1.95. The molecule has 0 aliphatic heterocycles. The van der Waals surface area contributed by atoms with Gasteiger partial charge in [0.2, 0.25) is 5.28 Å². The summed E-state index contributed by atoms with van der Waals surface area (Å²) in [6, 6.07) is 1.77. The van der Waals surface area contributed by atoms with Gasteiger partial charge in [-0.15, -0.1) is 0 Å². The Balaban J connectivity index is 2.97. The molecule has 0 saturated heterocycles. The molecule has 0 aliphatic rings. The van der Waals surface area contributed by atoms with Crippen LogP contribution in [-0.4, -0.2) is 14.5 Å². The van der Waals surface area contributed by atoms with E-state index >= 15 is 0 Å². The van der Waals surface area contributed by atoms with E-state index in [4.69, 9.17) is 23.2 Å². The second-order valence-electron chi connectivity index (χ2n) is 2.41. The van der Waals surface area contributed by atoms with E-state index in [-0.39, 0.29) is 0 Å². The Hall–Kier alpha value is -0.800. The van der Waals surface area contributed by atoms with E-state index in [1.54, 1.807) is 23.9 Å². The van der Waals surface area contributed by atoms with E-state index in [0.717, 1.165) is 11.0 Å². The zero-order valence-electron chi connectivity index (χ0n) is 6.25. The van der Waals surface area contributed by atoms with Crippen LogP contribution in [0.2, 0.25) is 10.4 Å². The van der Waals surface area contributed by atoms with E-state index in [2.05, 4.69) is 9.97 Å². The molecule has 2 heterocycles. The summed E-state index contributed by atoms with van der Waals surface area (Å²) in [4.78, 5) is 8.00. The highest BCUT2D eigenvalue weighted by molar-refractivity contribution is 6.34. The van der Waals surface area contributed by atoms with Crippen LogP contribution in [0.15, 0.2) is 12.3 Å². The molecule has 0 atom stereocenters. The van der Waals surface area contributed by atoms with Crippen molar-refractivity contribution in [3.05, 3.63) is 22.7 Å². The molecule has 5 heteroatoms. The first-order valence-corrected chi connectivity index (χ1v) is 4.08. The van der Waals surface area contributed by atoms with Crippen LogP contribution in [0.25, 0.3) is 11.0 Å². The van der Waals surface area contributed by atoms with Crippen LogP contribution in [0.4, 0.5) is 0 Å². The molecular formula is C7H5Cl2N3. The number of nitrogens with zero attached hydrogens (tertiary/aromatic N) is 3. The summed E-state index contributed by atoms with van der Waals surface area (Å²) in [6.07, 6.45) is 1.61. The number of halogens is 2. The van der Waals surface area contributed by atoms with Gasteiger partial charge >= 0.3 is 0 Å². The first-order chi connectivity index (χ1) is 5.70. The maximum atomic E-state index is 5.85. The minimum absolute atomic E-state index is 0.417. The summed E-state index contributed by atoms with van der Waals surface area (Å²) in [7, 11) is 1.80. The van der Waals surface area contributed by atoms with Gasteiger partial charge in [0.25, 0.3) is 0 Å². The fourth-order valence-corrected chi connectivity index (χ4v) is 1.54. The Morgan fingerprint density at radius 1 is 1.42 bits per heavy atom. The third kappa shape index (κ3) is 0.974. The van der Waals surface area contributed by atoms with Crippen molar-refractivity contribution in [2.24, 2.45) is 7.05 Å². The second kappa shape index (κ2) is 2.61. The molecule has 2 rings (SSSR count). The van der Waals surface area contributed by atoms with Gasteiger partial charge in [0.05, 0.1) is 5.52 Å². The predicted molar refractivity (Wildman–Crippen MR) is 48.5 cm³/mol. The predicted octanol–water partition coefficient (Wildman–Crippen LogP) is 2.28. The lowest BCUT2D eigenvalue weighted by molar-refractivity contribution is 0.946. The van der Waals surface area contributed by atoms with Crippen molar-refractivity contribution in [3.8, 4) is 0 Å². The molecule has 0 radical (unpaired) electrons. The highest BCUT2D eigenvalue weighted by atomic mass is 35.5. The Morgan fingerprint density at radius 3 is 2.83 bits per heavy atom. The highest BCUT2D eigenvalue weighted by Gasteiger charge is 2.08. The van der Waals surface area contributed by atoms with E-state index < -0.39 is 0 Å². The lowest BCUT2D eigenvalue weighted by Crippen LogP contribution is -1.88. The van der Waals surface area contributed by atoms with Gasteiger partial charge in [0, 0.05) is 13.2 Å². The number of aromatic nitrogens is 3. The molecule has 0 unspecified atom stereocenters. The van der Waals surface area contributed by atoms with Gasteiger partial charge in [-0.25, -0.2) is 9.97 Å². The normalized spacial score (nSPS) is 10.9. The molecular weight excluding hydrogens is 197 g/mol. The van der Waals surface area contributed by atoms with Crippen LogP contribution in [-0.2, 0) is 7.05 Å². The fourth-order valence-electron chi connectivity index (χ4n) is 1.09. The molecule has 0 spiro atoms. The van der Waals surface area contributed by atoms with E-state index in [1.807, 2.05) is 0 Å². The van der Waals surface area contributed by atoms with Crippen molar-refractivity contribution < 1.29 is 0 Å². The zero-order valence-corrected chi connectivity index (χ0v) is 7.76. The number of pyridine rings is 1. The van der Waals surface area contributed by atoms with E-state index in [0.29, 0.717) is 10.4 Å². The van der Waals surface area contributed by atoms with Crippen LogP contribution in [0, 0.1) is 0 Å². The van der Waals surface area contributed by atoms with Gasteiger partial charge < -0.3 is 4.57 Å². The SMILES string of the molecule is Cn1c(Cl)nc2ccnc(Cl)c21. The zero-order chi connectivity index (χ0) is 8.72. The largest absolute Gasteiger partial charge is 0.315 e. The lowest BCUT2D eigenvalue weighted by atomic mass is 10.4. The van der Waals surface area contributed by atoms with Crippen LogP contribution in [0.3, 0.4) is 0 Å². The van der Waals surface area contributed by atoms with Crippen molar-refractivity contribution in [1.82, 2.24) is 14.5 Å². The van der Waals surface area contributed by atoms with E-state index in [1.165, 1.54) is 0 Å². The minimum Gasteiger partial charge on any atom is -0.315 e. The monoisotopic (exact) mass is 201 g/mol. The van der Waals surface area contributed by atoms with Crippen molar-refractivity contribution in [2.45, 2.75) is 0 Å². The maximum absolute atomic E-state index is 5.85. The summed E-state index contributed by atoms with van der Waals surface area (Å²) in [5.41, 5.74) is 1.53. The number of hydrogen-bond acceptors (Lipinski definition) is 2. The Morgan fingerprint density at radius 2 is 2.17 bits per heavy atom. The molecule has 0 N–H and O–H groups in total. The number of aryl methyl sites for hydroxylation is 1. The molecule has 62 valence electrons. The van der Waals surface area contributed by atoms with Gasteiger partial charge in [-0.3, -0.25) is 0 Å². The van der Waals surface area contributed by atoms with E-state index in [9.17, 15) is 0 Å². The van der Waals surface area contributed by atoms with Crippen LogP contribution < -0.4 is 0 Å². The summed E-state index contributed by atoms with van der Waals surface area (Å²) in [5.74, 6) is 0. The summed E-state index contributed by atoms with van der Waals surface area (Å²) < 4.78 is 1.70. The van der Waals surface area contributed by atoms with Crippen LogP contribution >= 0.6 is 23.2 Å². The first-order valence-electron chi connectivity index (χ1n) is 3.32. The molecule has 0 saturated carbocycles. The minimum atomic E-state index is 0.417. The van der Waals surface area contributed by atoms with Gasteiger partial charge in [0.15, 0.2) is 5.15 Å². The number of fused-ring (bicyclic) bond motifs is 1. The molecule has 0 amide bonds. The molecule has 0 fully saturated rings. The molecule has 0 bridgehead atoms. The van der Waals surface area contributed by atoms with Gasteiger partial charge in [-0.1, -0.05) is 11.6 Å². The van der Waals surface area contributed by atoms with Crippen molar-refractivity contribution >= 4 is 34.2 Å². The molecule has 0 aliphatic carbocycles. The molecule has 12 heavy (non-hydrogen) atoms. The molecule has 2 aromatic heterocycles. The topological polar surface area (TPSA) is 30.7 Å². The fraction of sp³-hybridized carbons (Fsp3) is 0.143. The quantitative estimate of drug-likeness (QED) is 0.613. The third-order valence-corrected chi connectivity index (χ3v) is 2.30. The molecule has 0 aromatic carbocycles. The summed E-state index contributed by atoms with van der Waals surface area (Å²) in [5, 5.41) is 0.842. The third-order valence-electron chi connectivity index (χ3n) is 1.68. The number of rotatable bonds is 0. The maximum Gasteiger partial charge on any atom is 0.203 e. The van der Waals surface area contributed by atoms with Gasteiger partial charge in [-0.2, -0.15) is 0 Å². The van der Waals surface area contributed by atoms with Crippen molar-refractivity contribution in [2.75, 3.05) is 0 Å². The summed E-state index contributed by atoms with van der Waals surface area (Å²) >= 11 is 11.6. The number of hydrogen-bond donors (Lipinski definition) is 0. The Kier molecular flexibility index (Phi) is 1.70. The number of imidazole rings is 1. The smallest absolute Gasteiger partial charge is 0.203 e. The second-order valence-corrected chi connectivity index (χ2v) is 3.11. The average Bonchev–Trinajstić information content (AvgIpc) is 2.29. The van der Waals surface area contributed by atoms with Crippen molar-refractivity contribution in [3.63, 3.8) is 0 Å².